The van der Waals surface area contributed by atoms with Gasteiger partial charge < -0.3 is 14.5 Å². The predicted molar refractivity (Wildman–Crippen MR) is 86.4 cm³/mol. The van der Waals surface area contributed by atoms with Crippen LogP contribution in [0.1, 0.15) is 15.9 Å². The minimum atomic E-state index is -4.36. The highest BCUT2D eigenvalue weighted by molar-refractivity contribution is 6.07. The Hall–Kier alpha value is -3.07. The number of halogens is 3. The van der Waals surface area contributed by atoms with Crippen molar-refractivity contribution in [1.82, 2.24) is 10.2 Å². The Labute approximate surface area is 146 Å². The van der Waals surface area contributed by atoms with E-state index in [1.165, 1.54) is 18.7 Å². The first kappa shape index (κ1) is 17.7. The number of carbonyl (C=O) groups excluding carboxylic acids is 1. The Morgan fingerprint density at radius 1 is 1.23 bits per heavy atom. The number of nitrogens with zero attached hydrogens (tertiary/aromatic N) is 1. The number of anilines is 1. The highest BCUT2D eigenvalue weighted by Crippen LogP contribution is 2.22. The van der Waals surface area contributed by atoms with E-state index in [1.54, 1.807) is 30.3 Å². The van der Waals surface area contributed by atoms with Crippen LogP contribution in [0.2, 0.25) is 0 Å². The number of hydrogen-bond acceptors (Lipinski definition) is 4. The van der Waals surface area contributed by atoms with Crippen LogP contribution in [0.15, 0.2) is 53.5 Å². The smallest absolute Gasteiger partial charge is 0.411 e. The molecule has 0 aliphatic heterocycles. The summed E-state index contributed by atoms with van der Waals surface area (Å²) in [7, 11) is 0. The molecule has 0 saturated carbocycles. The molecular formula is C17H14F3N3O3. The molecule has 6 nitrogen and oxygen atoms in total. The van der Waals surface area contributed by atoms with Gasteiger partial charge in [0.15, 0.2) is 0 Å². The van der Waals surface area contributed by atoms with Gasteiger partial charge in [-0.05, 0) is 23.8 Å². The van der Waals surface area contributed by atoms with Crippen molar-refractivity contribution in [1.29, 1.82) is 0 Å². The lowest BCUT2D eigenvalue weighted by molar-refractivity contribution is -0.176. The molecule has 1 amide bonds. The summed E-state index contributed by atoms with van der Waals surface area (Å²) in [6.45, 7) is -1.47. The predicted octanol–water partition coefficient (Wildman–Crippen LogP) is 4.00. The number of ether oxygens (including phenoxy) is 1. The number of rotatable bonds is 6. The molecule has 136 valence electrons. The molecule has 3 rings (SSSR count). The average molecular weight is 365 g/mol. The molecule has 0 aliphatic carbocycles. The number of aromatic amines is 1. The molecule has 0 radical (unpaired) electrons. The van der Waals surface area contributed by atoms with Crippen LogP contribution in [0.5, 0.6) is 0 Å². The molecule has 0 unspecified atom stereocenters. The molecule has 26 heavy (non-hydrogen) atoms. The van der Waals surface area contributed by atoms with Crippen molar-refractivity contribution in [3.8, 4) is 11.3 Å². The normalized spacial score (nSPS) is 11.5. The summed E-state index contributed by atoms with van der Waals surface area (Å²) >= 11 is 0. The van der Waals surface area contributed by atoms with E-state index in [0.29, 0.717) is 28.1 Å². The summed E-state index contributed by atoms with van der Waals surface area (Å²) in [4.78, 5) is 12.4. The van der Waals surface area contributed by atoms with Crippen LogP contribution in [-0.2, 0) is 11.3 Å². The Balaban J connectivity index is 1.61. The van der Waals surface area contributed by atoms with Crippen molar-refractivity contribution in [3.05, 3.63) is 60.2 Å². The minimum absolute atomic E-state index is 0.167. The van der Waals surface area contributed by atoms with Gasteiger partial charge in [-0.15, -0.1) is 0 Å². The number of nitrogens with one attached hydrogen (secondary N) is 2. The maximum absolute atomic E-state index is 12.4. The van der Waals surface area contributed by atoms with E-state index in [4.69, 9.17) is 4.42 Å². The number of alkyl halides is 3. The zero-order valence-electron chi connectivity index (χ0n) is 13.3. The molecule has 1 aromatic carbocycles. The Morgan fingerprint density at radius 2 is 2.00 bits per heavy atom. The van der Waals surface area contributed by atoms with Crippen molar-refractivity contribution < 1.29 is 27.1 Å². The standard InChI is InChI=1S/C17H14F3N3O3/c18-17(19,20)10-26-8-11-1-3-13(4-2-11)22-16(24)14-7-21-23-15(14)12-5-6-25-9-12/h1-7,9H,8,10H2,(H,21,23)(H,22,24). The number of H-pyrrole nitrogens is 1. The van der Waals surface area contributed by atoms with Crippen molar-refractivity contribution >= 4 is 11.6 Å². The molecular weight excluding hydrogens is 351 g/mol. The Kier molecular flexibility index (Phi) is 5.08. The minimum Gasteiger partial charge on any atom is -0.472 e. The summed E-state index contributed by atoms with van der Waals surface area (Å²) in [6.07, 6.45) is 0.0136. The molecule has 0 aliphatic rings. The fourth-order valence-corrected chi connectivity index (χ4v) is 2.25. The van der Waals surface area contributed by atoms with Crippen molar-refractivity contribution in [2.75, 3.05) is 11.9 Å². The van der Waals surface area contributed by atoms with Crippen LogP contribution >= 0.6 is 0 Å². The first-order chi connectivity index (χ1) is 12.4. The van der Waals surface area contributed by atoms with Crippen LogP contribution in [0.25, 0.3) is 11.3 Å². The monoisotopic (exact) mass is 365 g/mol. The fourth-order valence-electron chi connectivity index (χ4n) is 2.25. The highest BCUT2D eigenvalue weighted by atomic mass is 19.4. The average Bonchev–Trinajstić information content (AvgIpc) is 3.26. The summed E-state index contributed by atoms with van der Waals surface area (Å²) in [5.41, 5.74) is 2.60. The summed E-state index contributed by atoms with van der Waals surface area (Å²) in [6, 6.07) is 8.03. The van der Waals surface area contributed by atoms with Gasteiger partial charge in [-0.25, -0.2) is 0 Å². The summed E-state index contributed by atoms with van der Waals surface area (Å²) in [5.74, 6) is -0.379. The summed E-state index contributed by atoms with van der Waals surface area (Å²) in [5, 5.41) is 9.32. The highest BCUT2D eigenvalue weighted by Gasteiger charge is 2.27. The van der Waals surface area contributed by atoms with Crippen LogP contribution in [-0.4, -0.2) is 28.9 Å². The molecule has 0 atom stereocenters. The van der Waals surface area contributed by atoms with Gasteiger partial charge in [0.1, 0.15) is 6.61 Å². The maximum atomic E-state index is 12.4. The number of hydrogen-bond donors (Lipinski definition) is 2. The molecule has 2 heterocycles. The van der Waals surface area contributed by atoms with Gasteiger partial charge in [0, 0.05) is 11.3 Å². The first-order valence-electron chi connectivity index (χ1n) is 7.53. The quantitative estimate of drug-likeness (QED) is 0.692. The summed E-state index contributed by atoms with van der Waals surface area (Å²) < 4.78 is 45.7. The lowest BCUT2D eigenvalue weighted by atomic mass is 10.1. The third-order valence-electron chi connectivity index (χ3n) is 3.44. The molecule has 2 N–H and O–H groups in total. The lowest BCUT2D eigenvalue weighted by Crippen LogP contribution is -2.16. The van der Waals surface area contributed by atoms with Gasteiger partial charge >= 0.3 is 6.18 Å². The van der Waals surface area contributed by atoms with E-state index < -0.39 is 12.8 Å². The second-order valence-electron chi connectivity index (χ2n) is 5.43. The van der Waals surface area contributed by atoms with Crippen molar-refractivity contribution in [2.24, 2.45) is 0 Å². The molecule has 0 spiro atoms. The van der Waals surface area contributed by atoms with E-state index in [2.05, 4.69) is 20.3 Å². The zero-order chi connectivity index (χ0) is 18.6. The second-order valence-corrected chi connectivity index (χ2v) is 5.43. The second kappa shape index (κ2) is 7.44. The topological polar surface area (TPSA) is 80.1 Å². The van der Waals surface area contributed by atoms with Gasteiger partial charge in [0.2, 0.25) is 0 Å². The van der Waals surface area contributed by atoms with Gasteiger partial charge in [0.25, 0.3) is 5.91 Å². The van der Waals surface area contributed by atoms with Crippen molar-refractivity contribution in [2.45, 2.75) is 12.8 Å². The number of benzene rings is 1. The van der Waals surface area contributed by atoms with Crippen molar-refractivity contribution in [3.63, 3.8) is 0 Å². The van der Waals surface area contributed by atoms with Gasteiger partial charge in [-0.2, -0.15) is 18.3 Å². The number of amides is 1. The fraction of sp³-hybridized carbons (Fsp3) is 0.176. The molecule has 0 bridgehead atoms. The maximum Gasteiger partial charge on any atom is 0.411 e. The number of furan rings is 1. The largest absolute Gasteiger partial charge is 0.472 e. The van der Waals surface area contributed by atoms with Crippen LogP contribution in [0, 0.1) is 0 Å². The Morgan fingerprint density at radius 3 is 2.65 bits per heavy atom. The van der Waals surface area contributed by atoms with Gasteiger partial charge in [-0.1, -0.05) is 12.1 Å². The van der Waals surface area contributed by atoms with E-state index in [1.807, 2.05) is 0 Å². The zero-order valence-corrected chi connectivity index (χ0v) is 13.3. The number of carbonyl (C=O) groups is 1. The van der Waals surface area contributed by atoms with E-state index in [-0.39, 0.29) is 12.5 Å². The van der Waals surface area contributed by atoms with Crippen LogP contribution in [0.4, 0.5) is 18.9 Å². The first-order valence-corrected chi connectivity index (χ1v) is 7.53. The van der Waals surface area contributed by atoms with Gasteiger partial charge in [0.05, 0.1) is 36.6 Å². The number of aromatic nitrogens is 2. The van der Waals surface area contributed by atoms with E-state index in [9.17, 15) is 18.0 Å². The SMILES string of the molecule is O=C(Nc1ccc(COCC(F)(F)F)cc1)c1cn[nH]c1-c1ccoc1. The molecule has 3 aromatic rings. The Bertz CT molecular complexity index is 856. The lowest BCUT2D eigenvalue weighted by Gasteiger charge is -2.09. The van der Waals surface area contributed by atoms with Gasteiger partial charge in [-0.3, -0.25) is 9.89 Å². The van der Waals surface area contributed by atoms with E-state index >= 15 is 0 Å². The van der Waals surface area contributed by atoms with E-state index in [0.717, 1.165) is 0 Å². The third-order valence-corrected chi connectivity index (χ3v) is 3.44. The van der Waals surface area contributed by atoms with Crippen LogP contribution < -0.4 is 5.32 Å². The molecule has 0 saturated heterocycles. The third kappa shape index (κ3) is 4.51. The molecule has 9 heteroatoms. The van der Waals surface area contributed by atoms with Crippen LogP contribution in [0.3, 0.4) is 0 Å². The molecule has 0 fully saturated rings. The molecule has 2 aromatic heterocycles.